The van der Waals surface area contributed by atoms with E-state index in [1.807, 2.05) is 0 Å². The highest BCUT2D eigenvalue weighted by molar-refractivity contribution is 5.22. The van der Waals surface area contributed by atoms with Gasteiger partial charge in [-0.1, -0.05) is 30.3 Å². The molecular formula is C14H22N2. The molecule has 1 aliphatic rings. The molecule has 0 aromatic heterocycles. The van der Waals surface area contributed by atoms with Crippen LogP contribution in [-0.2, 0) is 0 Å². The number of rotatable bonds is 2. The van der Waals surface area contributed by atoms with Crippen LogP contribution >= 0.6 is 0 Å². The third kappa shape index (κ3) is 2.45. The van der Waals surface area contributed by atoms with Gasteiger partial charge in [0.15, 0.2) is 0 Å². The fourth-order valence-corrected chi connectivity index (χ4v) is 2.59. The molecule has 0 radical (unpaired) electrons. The summed E-state index contributed by atoms with van der Waals surface area (Å²) in [7, 11) is 0. The van der Waals surface area contributed by atoms with Crippen molar-refractivity contribution >= 4 is 0 Å². The predicted octanol–water partition coefficient (Wildman–Crippen LogP) is 2.21. The Hall–Kier alpha value is -0.860. The summed E-state index contributed by atoms with van der Waals surface area (Å²) in [6.07, 6.45) is 1.18. The minimum absolute atomic E-state index is 0.276. The van der Waals surface area contributed by atoms with E-state index in [-0.39, 0.29) is 6.04 Å². The Balaban J connectivity index is 2.05. The Morgan fingerprint density at radius 3 is 2.50 bits per heavy atom. The van der Waals surface area contributed by atoms with Crippen LogP contribution < -0.4 is 5.73 Å². The lowest BCUT2D eigenvalue weighted by Gasteiger charge is -2.39. The standard InChI is InChI=1S/C14H22N2/c1-11(2)16-9-8-13(14(15)10-16)12-6-4-3-5-7-12/h3-7,11,13-14H,8-10,15H2,1-2H3. The van der Waals surface area contributed by atoms with Gasteiger partial charge in [0.2, 0.25) is 0 Å². The second kappa shape index (κ2) is 4.98. The molecule has 2 nitrogen and oxygen atoms in total. The Morgan fingerprint density at radius 2 is 1.94 bits per heavy atom. The molecule has 0 amide bonds. The zero-order valence-corrected chi connectivity index (χ0v) is 10.3. The van der Waals surface area contributed by atoms with Crippen LogP contribution in [0, 0.1) is 0 Å². The van der Waals surface area contributed by atoms with Crippen molar-refractivity contribution in [2.24, 2.45) is 5.73 Å². The summed E-state index contributed by atoms with van der Waals surface area (Å²) in [5.41, 5.74) is 7.70. The van der Waals surface area contributed by atoms with Gasteiger partial charge in [-0.15, -0.1) is 0 Å². The molecule has 0 saturated carbocycles. The van der Waals surface area contributed by atoms with Crippen molar-refractivity contribution in [2.45, 2.75) is 38.3 Å². The molecule has 1 fully saturated rings. The predicted molar refractivity (Wildman–Crippen MR) is 68.5 cm³/mol. The molecule has 2 atom stereocenters. The van der Waals surface area contributed by atoms with Gasteiger partial charge in [0.25, 0.3) is 0 Å². The van der Waals surface area contributed by atoms with Crippen LogP contribution in [-0.4, -0.2) is 30.1 Å². The number of nitrogens with two attached hydrogens (primary N) is 1. The van der Waals surface area contributed by atoms with Crippen molar-refractivity contribution in [3.8, 4) is 0 Å². The molecule has 1 saturated heterocycles. The van der Waals surface area contributed by atoms with Crippen LogP contribution in [0.15, 0.2) is 30.3 Å². The van der Waals surface area contributed by atoms with Crippen LogP contribution in [0.25, 0.3) is 0 Å². The first-order valence-corrected chi connectivity index (χ1v) is 6.23. The van der Waals surface area contributed by atoms with E-state index in [0.29, 0.717) is 12.0 Å². The maximum Gasteiger partial charge on any atom is 0.0238 e. The second-order valence-electron chi connectivity index (χ2n) is 5.06. The first-order chi connectivity index (χ1) is 7.68. The van der Waals surface area contributed by atoms with Gasteiger partial charge < -0.3 is 5.73 Å². The first-order valence-electron chi connectivity index (χ1n) is 6.23. The number of hydrogen-bond donors (Lipinski definition) is 1. The molecule has 2 rings (SSSR count). The maximum atomic E-state index is 6.30. The molecule has 2 unspecified atom stereocenters. The van der Waals surface area contributed by atoms with E-state index >= 15 is 0 Å². The Morgan fingerprint density at radius 1 is 1.25 bits per heavy atom. The van der Waals surface area contributed by atoms with Crippen molar-refractivity contribution in [2.75, 3.05) is 13.1 Å². The summed E-state index contributed by atoms with van der Waals surface area (Å²) in [4.78, 5) is 2.48. The lowest BCUT2D eigenvalue weighted by Crippen LogP contribution is -2.49. The van der Waals surface area contributed by atoms with E-state index in [0.717, 1.165) is 6.54 Å². The average molecular weight is 218 g/mol. The monoisotopic (exact) mass is 218 g/mol. The van der Waals surface area contributed by atoms with E-state index in [4.69, 9.17) is 5.73 Å². The number of likely N-dealkylation sites (tertiary alicyclic amines) is 1. The quantitative estimate of drug-likeness (QED) is 0.824. The summed E-state index contributed by atoms with van der Waals surface area (Å²) in [6.45, 7) is 6.69. The van der Waals surface area contributed by atoms with Crippen LogP contribution in [0.3, 0.4) is 0 Å². The van der Waals surface area contributed by atoms with Gasteiger partial charge in [0.1, 0.15) is 0 Å². The van der Waals surface area contributed by atoms with E-state index in [9.17, 15) is 0 Å². The number of benzene rings is 1. The van der Waals surface area contributed by atoms with Gasteiger partial charge in [0.05, 0.1) is 0 Å². The van der Waals surface area contributed by atoms with Crippen LogP contribution in [0.2, 0.25) is 0 Å². The molecule has 1 aliphatic heterocycles. The summed E-state index contributed by atoms with van der Waals surface area (Å²) in [5, 5.41) is 0. The van der Waals surface area contributed by atoms with Crippen molar-refractivity contribution < 1.29 is 0 Å². The summed E-state index contributed by atoms with van der Waals surface area (Å²) < 4.78 is 0. The molecule has 2 N–H and O–H groups in total. The molecule has 1 aromatic rings. The highest BCUT2D eigenvalue weighted by Crippen LogP contribution is 2.27. The fourth-order valence-electron chi connectivity index (χ4n) is 2.59. The van der Waals surface area contributed by atoms with Crippen molar-refractivity contribution in [3.63, 3.8) is 0 Å². The molecule has 1 aromatic carbocycles. The lowest BCUT2D eigenvalue weighted by atomic mass is 9.85. The van der Waals surface area contributed by atoms with Crippen molar-refractivity contribution in [1.82, 2.24) is 4.90 Å². The van der Waals surface area contributed by atoms with E-state index in [2.05, 4.69) is 49.1 Å². The largest absolute Gasteiger partial charge is 0.326 e. The van der Waals surface area contributed by atoms with Crippen molar-refractivity contribution in [1.29, 1.82) is 0 Å². The molecule has 0 aliphatic carbocycles. The molecule has 16 heavy (non-hydrogen) atoms. The molecule has 0 bridgehead atoms. The molecule has 2 heteroatoms. The summed E-state index contributed by atoms with van der Waals surface area (Å²) >= 11 is 0. The average Bonchev–Trinajstić information content (AvgIpc) is 2.30. The first kappa shape index (κ1) is 11.6. The molecule has 88 valence electrons. The van der Waals surface area contributed by atoms with Gasteiger partial charge in [-0.3, -0.25) is 4.90 Å². The third-order valence-corrected chi connectivity index (χ3v) is 3.65. The van der Waals surface area contributed by atoms with Gasteiger partial charge in [-0.2, -0.15) is 0 Å². The summed E-state index contributed by atoms with van der Waals surface area (Å²) in [6, 6.07) is 11.6. The highest BCUT2D eigenvalue weighted by Gasteiger charge is 2.28. The smallest absolute Gasteiger partial charge is 0.0238 e. The minimum atomic E-state index is 0.276. The Kier molecular flexibility index (Phi) is 3.62. The van der Waals surface area contributed by atoms with Gasteiger partial charge in [-0.25, -0.2) is 0 Å². The zero-order valence-electron chi connectivity index (χ0n) is 10.3. The molecular weight excluding hydrogens is 196 g/mol. The molecule has 1 heterocycles. The van der Waals surface area contributed by atoms with Crippen LogP contribution in [0.5, 0.6) is 0 Å². The summed E-state index contributed by atoms with van der Waals surface area (Å²) in [5.74, 6) is 0.538. The highest BCUT2D eigenvalue weighted by atomic mass is 15.2. The normalized spacial score (nSPS) is 27.2. The lowest BCUT2D eigenvalue weighted by molar-refractivity contribution is 0.154. The second-order valence-corrected chi connectivity index (χ2v) is 5.06. The van der Waals surface area contributed by atoms with Crippen LogP contribution in [0.1, 0.15) is 31.7 Å². The van der Waals surface area contributed by atoms with E-state index in [1.165, 1.54) is 18.5 Å². The number of nitrogens with zero attached hydrogens (tertiary/aromatic N) is 1. The maximum absolute atomic E-state index is 6.30. The number of hydrogen-bond acceptors (Lipinski definition) is 2. The molecule has 0 spiro atoms. The Labute approximate surface area is 98.4 Å². The van der Waals surface area contributed by atoms with E-state index in [1.54, 1.807) is 0 Å². The van der Waals surface area contributed by atoms with Crippen molar-refractivity contribution in [3.05, 3.63) is 35.9 Å². The topological polar surface area (TPSA) is 29.3 Å². The van der Waals surface area contributed by atoms with Crippen LogP contribution in [0.4, 0.5) is 0 Å². The van der Waals surface area contributed by atoms with Gasteiger partial charge in [-0.05, 0) is 32.4 Å². The van der Waals surface area contributed by atoms with Gasteiger partial charge >= 0.3 is 0 Å². The SMILES string of the molecule is CC(C)N1CCC(c2ccccc2)C(N)C1. The Bertz CT molecular complexity index is 321. The minimum Gasteiger partial charge on any atom is -0.326 e. The van der Waals surface area contributed by atoms with E-state index < -0.39 is 0 Å². The zero-order chi connectivity index (χ0) is 11.5. The van der Waals surface area contributed by atoms with Gasteiger partial charge in [0, 0.05) is 24.5 Å². The number of piperidine rings is 1. The fraction of sp³-hybridized carbons (Fsp3) is 0.571. The third-order valence-electron chi connectivity index (χ3n) is 3.65.